The van der Waals surface area contributed by atoms with E-state index in [0.717, 1.165) is 12.5 Å². The van der Waals surface area contributed by atoms with E-state index in [1.54, 1.807) is 0 Å². The van der Waals surface area contributed by atoms with Crippen molar-refractivity contribution >= 4 is 11.3 Å². The Morgan fingerprint density at radius 2 is 2.11 bits per heavy atom. The van der Waals surface area contributed by atoms with Crippen LogP contribution >= 0.6 is 11.3 Å². The molecule has 1 aliphatic rings. The quantitative estimate of drug-likeness (QED) is 0.832. The van der Waals surface area contributed by atoms with Crippen LogP contribution in [-0.4, -0.2) is 12.6 Å². The second-order valence-electron chi connectivity index (χ2n) is 7.85. The van der Waals surface area contributed by atoms with Gasteiger partial charge in [0.25, 0.3) is 0 Å². The fraction of sp³-hybridized carbons (Fsp3) is 0.765. The van der Waals surface area contributed by atoms with Gasteiger partial charge in [0.15, 0.2) is 0 Å². The molecule has 0 bridgehead atoms. The van der Waals surface area contributed by atoms with Crippen LogP contribution < -0.4 is 5.32 Å². The molecular weight excluding hydrogens is 250 g/mol. The number of nitrogens with one attached hydrogen (secondary N) is 1. The van der Waals surface area contributed by atoms with Crippen molar-refractivity contribution in [3.63, 3.8) is 0 Å². The van der Waals surface area contributed by atoms with E-state index in [0.29, 0.717) is 11.5 Å². The average molecular weight is 279 g/mol. The van der Waals surface area contributed by atoms with Gasteiger partial charge in [-0.1, -0.05) is 40.7 Å². The zero-order chi connectivity index (χ0) is 14.1. The van der Waals surface area contributed by atoms with Gasteiger partial charge in [0.05, 0.1) is 0 Å². The third-order valence-corrected chi connectivity index (χ3v) is 5.64. The molecule has 1 nitrogen and oxygen atoms in total. The summed E-state index contributed by atoms with van der Waals surface area (Å²) in [5.41, 5.74) is 0.751. The zero-order valence-electron chi connectivity index (χ0n) is 13.1. The fourth-order valence-electron chi connectivity index (χ4n) is 3.65. The zero-order valence-corrected chi connectivity index (χ0v) is 13.9. The van der Waals surface area contributed by atoms with Gasteiger partial charge < -0.3 is 5.32 Å². The molecule has 2 unspecified atom stereocenters. The largest absolute Gasteiger partial charge is 0.313 e. The van der Waals surface area contributed by atoms with Crippen LogP contribution in [0.25, 0.3) is 0 Å². The van der Waals surface area contributed by atoms with Crippen LogP contribution in [0.5, 0.6) is 0 Å². The number of hydrogen-bond donors (Lipinski definition) is 1. The lowest BCUT2D eigenvalue weighted by atomic mass is 9.70. The minimum atomic E-state index is 0.249. The van der Waals surface area contributed by atoms with Crippen molar-refractivity contribution in [2.75, 3.05) is 6.54 Å². The van der Waals surface area contributed by atoms with Gasteiger partial charge in [-0.15, -0.1) is 11.3 Å². The topological polar surface area (TPSA) is 12.0 Å². The Labute approximate surface area is 122 Å². The molecule has 0 radical (unpaired) electrons. The van der Waals surface area contributed by atoms with E-state index in [-0.39, 0.29) is 5.41 Å². The lowest BCUT2D eigenvalue weighted by molar-refractivity contribution is 0.148. The Kier molecular flexibility index (Phi) is 4.42. The molecule has 0 amide bonds. The van der Waals surface area contributed by atoms with Crippen LogP contribution in [0, 0.1) is 11.3 Å². The number of rotatable bonds is 4. The molecule has 1 aromatic rings. The Hall–Kier alpha value is -0.340. The van der Waals surface area contributed by atoms with Crippen LogP contribution in [-0.2, 0) is 5.41 Å². The molecule has 0 spiro atoms. The Balaban J connectivity index is 1.91. The Morgan fingerprint density at radius 3 is 2.68 bits per heavy atom. The lowest BCUT2D eigenvalue weighted by Gasteiger charge is -2.40. The van der Waals surface area contributed by atoms with Crippen molar-refractivity contribution in [3.05, 3.63) is 22.4 Å². The summed E-state index contributed by atoms with van der Waals surface area (Å²) < 4.78 is 0. The van der Waals surface area contributed by atoms with Gasteiger partial charge in [0.1, 0.15) is 0 Å². The molecule has 19 heavy (non-hydrogen) atoms. The van der Waals surface area contributed by atoms with Gasteiger partial charge in [0.2, 0.25) is 0 Å². The molecule has 2 heteroatoms. The summed E-state index contributed by atoms with van der Waals surface area (Å²) in [7, 11) is 0. The SMILES string of the molecule is CC1CC(NCC(C)(C)c2cccs2)CC(C)(C)C1. The molecule has 1 heterocycles. The first kappa shape index (κ1) is 15.1. The summed E-state index contributed by atoms with van der Waals surface area (Å²) in [6.45, 7) is 13.0. The van der Waals surface area contributed by atoms with E-state index < -0.39 is 0 Å². The monoisotopic (exact) mass is 279 g/mol. The first-order chi connectivity index (χ1) is 8.78. The van der Waals surface area contributed by atoms with Crippen LogP contribution in [0.2, 0.25) is 0 Å². The summed E-state index contributed by atoms with van der Waals surface area (Å²) in [4.78, 5) is 1.49. The normalized spacial score (nSPS) is 27.4. The van der Waals surface area contributed by atoms with Crippen LogP contribution in [0.4, 0.5) is 0 Å². The summed E-state index contributed by atoms with van der Waals surface area (Å²) in [6.07, 6.45) is 4.03. The first-order valence-electron chi connectivity index (χ1n) is 7.56. The summed E-state index contributed by atoms with van der Waals surface area (Å²) in [5.74, 6) is 0.853. The third kappa shape index (κ3) is 4.06. The van der Waals surface area contributed by atoms with Crippen LogP contribution in [0.3, 0.4) is 0 Å². The molecule has 1 aliphatic carbocycles. The molecule has 1 fully saturated rings. The molecule has 2 atom stereocenters. The Bertz CT molecular complexity index is 391. The van der Waals surface area contributed by atoms with Crippen molar-refractivity contribution < 1.29 is 0 Å². The second-order valence-corrected chi connectivity index (χ2v) is 8.80. The van der Waals surface area contributed by atoms with Gasteiger partial charge in [-0.05, 0) is 42.0 Å². The molecule has 1 aromatic heterocycles. The molecule has 1 N–H and O–H groups in total. The summed E-state index contributed by atoms with van der Waals surface area (Å²) in [6, 6.07) is 5.12. The highest BCUT2D eigenvalue weighted by molar-refractivity contribution is 7.10. The molecule has 2 rings (SSSR count). The molecule has 1 saturated carbocycles. The third-order valence-electron chi connectivity index (χ3n) is 4.41. The number of thiophene rings is 1. The predicted octanol–water partition coefficient (Wildman–Crippen LogP) is 4.83. The van der Waals surface area contributed by atoms with Crippen molar-refractivity contribution in [1.82, 2.24) is 5.32 Å². The minimum Gasteiger partial charge on any atom is -0.313 e. The van der Waals surface area contributed by atoms with Crippen molar-refractivity contribution in [2.45, 2.75) is 65.3 Å². The predicted molar refractivity (Wildman–Crippen MR) is 85.9 cm³/mol. The maximum atomic E-state index is 3.84. The van der Waals surface area contributed by atoms with Crippen LogP contribution in [0.1, 0.15) is 58.8 Å². The van der Waals surface area contributed by atoms with E-state index in [4.69, 9.17) is 0 Å². The van der Waals surface area contributed by atoms with Gasteiger partial charge in [-0.25, -0.2) is 0 Å². The molecule has 0 aromatic carbocycles. The van der Waals surface area contributed by atoms with Crippen LogP contribution in [0.15, 0.2) is 17.5 Å². The van der Waals surface area contributed by atoms with Crippen molar-refractivity contribution in [2.24, 2.45) is 11.3 Å². The van der Waals surface area contributed by atoms with Gasteiger partial charge in [0, 0.05) is 22.9 Å². The maximum absolute atomic E-state index is 3.84. The molecule has 0 aliphatic heterocycles. The lowest BCUT2D eigenvalue weighted by Crippen LogP contribution is -2.44. The standard InChI is InChI=1S/C17H29NS/c1-13-9-14(11-16(2,3)10-13)18-12-17(4,5)15-7-6-8-19-15/h6-8,13-14,18H,9-12H2,1-5H3. The summed E-state index contributed by atoms with van der Waals surface area (Å²) >= 11 is 1.88. The van der Waals surface area contributed by atoms with E-state index >= 15 is 0 Å². The highest BCUT2D eigenvalue weighted by atomic mass is 32.1. The Morgan fingerprint density at radius 1 is 1.37 bits per heavy atom. The smallest absolute Gasteiger partial charge is 0.0115 e. The maximum Gasteiger partial charge on any atom is 0.0115 e. The summed E-state index contributed by atoms with van der Waals surface area (Å²) in [5, 5.41) is 6.03. The highest BCUT2D eigenvalue weighted by Crippen LogP contribution is 2.38. The molecular formula is C17H29NS. The molecule has 0 saturated heterocycles. The second kappa shape index (κ2) is 5.57. The highest BCUT2D eigenvalue weighted by Gasteiger charge is 2.33. The van der Waals surface area contributed by atoms with Crippen molar-refractivity contribution in [1.29, 1.82) is 0 Å². The molecule has 108 valence electrons. The number of hydrogen-bond acceptors (Lipinski definition) is 2. The fourth-order valence-corrected chi connectivity index (χ4v) is 4.50. The van der Waals surface area contributed by atoms with E-state index in [2.05, 4.69) is 57.4 Å². The van der Waals surface area contributed by atoms with Gasteiger partial charge in [-0.3, -0.25) is 0 Å². The van der Waals surface area contributed by atoms with E-state index in [1.165, 1.54) is 24.1 Å². The van der Waals surface area contributed by atoms with Gasteiger partial charge >= 0.3 is 0 Å². The van der Waals surface area contributed by atoms with E-state index in [9.17, 15) is 0 Å². The average Bonchev–Trinajstić information content (AvgIpc) is 2.77. The van der Waals surface area contributed by atoms with Gasteiger partial charge in [-0.2, -0.15) is 0 Å². The van der Waals surface area contributed by atoms with Crippen molar-refractivity contribution in [3.8, 4) is 0 Å². The minimum absolute atomic E-state index is 0.249. The van der Waals surface area contributed by atoms with E-state index in [1.807, 2.05) is 11.3 Å². The first-order valence-corrected chi connectivity index (χ1v) is 8.44.